The van der Waals surface area contributed by atoms with Crippen LogP contribution in [0.3, 0.4) is 0 Å². The molecule has 116 valence electrons. The highest BCUT2D eigenvalue weighted by Crippen LogP contribution is 2.14. The van der Waals surface area contributed by atoms with Gasteiger partial charge in [-0.3, -0.25) is 4.79 Å². The number of ether oxygens (including phenoxy) is 1. The maximum absolute atomic E-state index is 12.0. The Balaban J connectivity index is 1.98. The van der Waals surface area contributed by atoms with Crippen molar-refractivity contribution in [2.45, 2.75) is 0 Å². The van der Waals surface area contributed by atoms with E-state index in [0.29, 0.717) is 22.5 Å². The molecule has 0 aromatic heterocycles. The molecule has 0 fully saturated rings. The molecule has 0 unspecified atom stereocenters. The number of hydrogen-bond donors (Lipinski definition) is 2. The minimum atomic E-state index is -0.470. The molecular weight excluding hydrogens is 294 g/mol. The molecule has 2 aromatic carbocycles. The first-order valence-corrected chi connectivity index (χ1v) is 6.85. The number of benzene rings is 2. The lowest BCUT2D eigenvalue weighted by Gasteiger charge is -2.09. The van der Waals surface area contributed by atoms with Crippen LogP contribution >= 0.6 is 0 Å². The predicted molar refractivity (Wildman–Crippen MR) is 86.1 cm³/mol. The fraction of sp³-hybridized carbons (Fsp3) is 0.118. The number of methoxy groups -OCH3 is 1. The van der Waals surface area contributed by atoms with E-state index < -0.39 is 5.97 Å². The van der Waals surface area contributed by atoms with E-state index in [1.165, 1.54) is 13.2 Å². The Morgan fingerprint density at radius 2 is 1.96 bits per heavy atom. The number of rotatable bonds is 5. The van der Waals surface area contributed by atoms with Crippen molar-refractivity contribution in [2.75, 3.05) is 24.3 Å². The molecule has 6 nitrogen and oxygen atoms in total. The monoisotopic (exact) mass is 309 g/mol. The first kappa shape index (κ1) is 16.0. The molecule has 0 saturated carbocycles. The predicted octanol–water partition coefficient (Wildman–Crippen LogP) is 2.40. The summed E-state index contributed by atoms with van der Waals surface area (Å²) in [5, 5.41) is 14.6. The SMILES string of the molecule is COC(=O)c1cccc(NC(=O)CNc2ccccc2C#N)c1. The summed E-state index contributed by atoms with van der Waals surface area (Å²) in [4.78, 5) is 23.4. The van der Waals surface area contributed by atoms with Crippen LogP contribution in [-0.4, -0.2) is 25.5 Å². The van der Waals surface area contributed by atoms with Gasteiger partial charge in [0.15, 0.2) is 0 Å². The van der Waals surface area contributed by atoms with E-state index in [4.69, 9.17) is 5.26 Å². The summed E-state index contributed by atoms with van der Waals surface area (Å²) in [5.74, 6) is -0.762. The van der Waals surface area contributed by atoms with Gasteiger partial charge in [-0.15, -0.1) is 0 Å². The van der Waals surface area contributed by atoms with E-state index in [9.17, 15) is 9.59 Å². The molecule has 0 aliphatic rings. The highest BCUT2D eigenvalue weighted by atomic mass is 16.5. The molecule has 0 radical (unpaired) electrons. The Kier molecular flexibility index (Phi) is 5.31. The van der Waals surface area contributed by atoms with E-state index >= 15 is 0 Å². The van der Waals surface area contributed by atoms with Gasteiger partial charge in [0.25, 0.3) is 0 Å². The molecular formula is C17H15N3O3. The van der Waals surface area contributed by atoms with E-state index in [0.717, 1.165) is 0 Å². The van der Waals surface area contributed by atoms with Crippen LogP contribution in [0.4, 0.5) is 11.4 Å². The fourth-order valence-corrected chi connectivity index (χ4v) is 1.96. The molecule has 2 N–H and O–H groups in total. The number of nitrogens with zero attached hydrogens (tertiary/aromatic N) is 1. The van der Waals surface area contributed by atoms with Crippen molar-refractivity contribution in [3.8, 4) is 6.07 Å². The number of hydrogen-bond acceptors (Lipinski definition) is 5. The molecule has 0 saturated heterocycles. The van der Waals surface area contributed by atoms with Crippen LogP contribution in [0.5, 0.6) is 0 Å². The molecule has 2 rings (SSSR count). The summed E-state index contributed by atoms with van der Waals surface area (Å²) >= 11 is 0. The summed E-state index contributed by atoms with van der Waals surface area (Å²) in [6.07, 6.45) is 0. The summed E-state index contributed by atoms with van der Waals surface area (Å²) in [5.41, 5.74) is 1.91. The van der Waals surface area contributed by atoms with Crippen molar-refractivity contribution >= 4 is 23.3 Å². The van der Waals surface area contributed by atoms with Crippen LogP contribution in [0, 0.1) is 11.3 Å². The van der Waals surface area contributed by atoms with Crippen molar-refractivity contribution < 1.29 is 14.3 Å². The number of nitriles is 1. The summed E-state index contributed by atoms with van der Waals surface area (Å²) < 4.78 is 4.63. The average molecular weight is 309 g/mol. The van der Waals surface area contributed by atoms with Gasteiger partial charge in [-0.1, -0.05) is 18.2 Å². The third kappa shape index (κ3) is 4.32. The second-order valence-electron chi connectivity index (χ2n) is 4.63. The van der Waals surface area contributed by atoms with Gasteiger partial charge < -0.3 is 15.4 Å². The van der Waals surface area contributed by atoms with Gasteiger partial charge in [0.05, 0.1) is 30.5 Å². The summed E-state index contributed by atoms with van der Waals surface area (Å²) in [6.45, 7) is 0.00114. The largest absolute Gasteiger partial charge is 0.465 e. The second-order valence-corrected chi connectivity index (χ2v) is 4.63. The van der Waals surface area contributed by atoms with E-state index in [1.54, 1.807) is 42.5 Å². The molecule has 0 aliphatic carbocycles. The van der Waals surface area contributed by atoms with E-state index in [2.05, 4.69) is 15.4 Å². The maximum atomic E-state index is 12.0. The minimum absolute atomic E-state index is 0.00114. The number of nitrogens with one attached hydrogen (secondary N) is 2. The molecule has 2 aromatic rings. The molecule has 0 heterocycles. The standard InChI is InChI=1S/C17H15N3O3/c1-23-17(22)12-6-4-7-14(9-12)20-16(21)11-19-15-8-3-2-5-13(15)10-18/h2-9,19H,11H2,1H3,(H,20,21). The topological polar surface area (TPSA) is 91.2 Å². The van der Waals surface area contributed by atoms with Gasteiger partial charge in [-0.25, -0.2) is 4.79 Å². The second kappa shape index (κ2) is 7.61. The van der Waals surface area contributed by atoms with Crippen LogP contribution in [0.1, 0.15) is 15.9 Å². The quantitative estimate of drug-likeness (QED) is 0.828. The van der Waals surface area contributed by atoms with Crippen LogP contribution in [0.2, 0.25) is 0 Å². The number of carbonyl (C=O) groups is 2. The number of para-hydroxylation sites is 1. The van der Waals surface area contributed by atoms with Crippen molar-refractivity contribution in [2.24, 2.45) is 0 Å². The molecule has 6 heteroatoms. The molecule has 0 bridgehead atoms. The maximum Gasteiger partial charge on any atom is 0.337 e. The van der Waals surface area contributed by atoms with Crippen LogP contribution in [0.25, 0.3) is 0 Å². The van der Waals surface area contributed by atoms with Crippen molar-refractivity contribution in [3.05, 3.63) is 59.7 Å². The van der Waals surface area contributed by atoms with E-state index in [-0.39, 0.29) is 12.5 Å². The minimum Gasteiger partial charge on any atom is -0.465 e. The third-order valence-electron chi connectivity index (χ3n) is 3.05. The van der Waals surface area contributed by atoms with Crippen molar-refractivity contribution in [1.82, 2.24) is 0 Å². The third-order valence-corrected chi connectivity index (χ3v) is 3.05. The average Bonchev–Trinajstić information content (AvgIpc) is 2.59. The molecule has 0 atom stereocenters. The van der Waals surface area contributed by atoms with Crippen LogP contribution < -0.4 is 10.6 Å². The van der Waals surface area contributed by atoms with Gasteiger partial charge in [0.1, 0.15) is 6.07 Å². The molecule has 0 spiro atoms. The molecule has 0 aliphatic heterocycles. The number of amides is 1. The first-order chi connectivity index (χ1) is 11.1. The van der Waals surface area contributed by atoms with Gasteiger partial charge >= 0.3 is 5.97 Å². The van der Waals surface area contributed by atoms with Gasteiger partial charge in [-0.05, 0) is 30.3 Å². The van der Waals surface area contributed by atoms with Crippen molar-refractivity contribution in [3.63, 3.8) is 0 Å². The Labute approximate surface area is 133 Å². The lowest BCUT2D eigenvalue weighted by molar-refractivity contribution is -0.114. The number of carbonyl (C=O) groups excluding carboxylic acids is 2. The number of esters is 1. The Morgan fingerprint density at radius 1 is 1.17 bits per heavy atom. The lowest BCUT2D eigenvalue weighted by Crippen LogP contribution is -2.22. The summed E-state index contributed by atoms with van der Waals surface area (Å²) in [7, 11) is 1.30. The first-order valence-electron chi connectivity index (χ1n) is 6.85. The zero-order valence-corrected chi connectivity index (χ0v) is 12.5. The highest BCUT2D eigenvalue weighted by molar-refractivity contribution is 5.96. The number of anilines is 2. The Bertz CT molecular complexity index is 766. The zero-order chi connectivity index (χ0) is 16.7. The fourth-order valence-electron chi connectivity index (χ4n) is 1.96. The van der Waals surface area contributed by atoms with Crippen LogP contribution in [0.15, 0.2) is 48.5 Å². The smallest absolute Gasteiger partial charge is 0.337 e. The lowest BCUT2D eigenvalue weighted by atomic mass is 10.2. The summed E-state index contributed by atoms with van der Waals surface area (Å²) in [6, 6.07) is 15.4. The normalized spacial score (nSPS) is 9.57. The van der Waals surface area contributed by atoms with Crippen molar-refractivity contribution in [1.29, 1.82) is 5.26 Å². The Hall–Kier alpha value is -3.33. The van der Waals surface area contributed by atoms with E-state index in [1.807, 2.05) is 6.07 Å². The Morgan fingerprint density at radius 3 is 2.70 bits per heavy atom. The zero-order valence-electron chi connectivity index (χ0n) is 12.5. The van der Waals surface area contributed by atoms with Gasteiger partial charge in [0, 0.05) is 5.69 Å². The van der Waals surface area contributed by atoms with Crippen LogP contribution in [-0.2, 0) is 9.53 Å². The molecule has 1 amide bonds. The highest BCUT2D eigenvalue weighted by Gasteiger charge is 2.08. The molecule has 23 heavy (non-hydrogen) atoms. The van der Waals surface area contributed by atoms with Gasteiger partial charge in [0.2, 0.25) is 5.91 Å². The van der Waals surface area contributed by atoms with Gasteiger partial charge in [-0.2, -0.15) is 5.26 Å².